The molecule has 5 heteroatoms. The maximum absolute atomic E-state index is 12.2. The van der Waals surface area contributed by atoms with E-state index in [9.17, 15) is 9.59 Å². The Kier molecular flexibility index (Phi) is 6.16. The summed E-state index contributed by atoms with van der Waals surface area (Å²) in [6.45, 7) is 7.40. The first-order valence-corrected chi connectivity index (χ1v) is 8.41. The summed E-state index contributed by atoms with van der Waals surface area (Å²) in [5.74, 6) is -0.323. The summed E-state index contributed by atoms with van der Waals surface area (Å²) in [4.78, 5) is 25.3. The molecular weight excluding hydrogens is 292 g/mol. The number of amides is 1. The van der Waals surface area contributed by atoms with Gasteiger partial charge in [0.05, 0.1) is 24.3 Å². The molecule has 1 aliphatic rings. The number of carbonyl (C=O) groups excluding carboxylic acids is 2. The van der Waals surface area contributed by atoms with Gasteiger partial charge in [-0.15, -0.1) is 0 Å². The van der Waals surface area contributed by atoms with Crippen molar-refractivity contribution in [1.82, 2.24) is 0 Å². The molecular formula is C18H27N2O3+. The lowest BCUT2D eigenvalue weighted by Gasteiger charge is -2.29. The van der Waals surface area contributed by atoms with Crippen molar-refractivity contribution < 1.29 is 19.2 Å². The monoisotopic (exact) mass is 319 g/mol. The number of esters is 1. The zero-order chi connectivity index (χ0) is 16.8. The smallest absolute Gasteiger partial charge is 0.338 e. The van der Waals surface area contributed by atoms with Gasteiger partial charge in [-0.25, -0.2) is 4.79 Å². The van der Waals surface area contributed by atoms with Gasteiger partial charge in [0.25, 0.3) is 5.91 Å². The second-order valence-electron chi connectivity index (χ2n) is 6.56. The average Bonchev–Trinajstić information content (AvgIpc) is 2.49. The van der Waals surface area contributed by atoms with Crippen molar-refractivity contribution in [3.63, 3.8) is 0 Å². The first-order valence-electron chi connectivity index (χ1n) is 8.41. The fourth-order valence-electron chi connectivity index (χ4n) is 2.90. The fraction of sp³-hybridized carbons (Fsp3) is 0.556. The van der Waals surface area contributed by atoms with Crippen molar-refractivity contribution in [3.8, 4) is 0 Å². The predicted molar refractivity (Wildman–Crippen MR) is 89.6 cm³/mol. The van der Waals surface area contributed by atoms with Crippen molar-refractivity contribution in [2.24, 2.45) is 0 Å². The molecule has 0 spiro atoms. The minimum Gasteiger partial charge on any atom is -0.459 e. The SMILES string of the molecule is CC(C)OC(=O)c1ccc(NC(=O)C[NH+]2CCCC[C@@H]2C)cc1. The lowest BCUT2D eigenvalue weighted by Crippen LogP contribution is -3.17. The van der Waals surface area contributed by atoms with Crippen LogP contribution in [0.25, 0.3) is 0 Å². The topological polar surface area (TPSA) is 59.8 Å². The normalized spacial score (nSPS) is 21.0. The molecule has 2 atom stereocenters. The number of hydrogen-bond acceptors (Lipinski definition) is 3. The highest BCUT2D eigenvalue weighted by Gasteiger charge is 2.24. The van der Waals surface area contributed by atoms with Gasteiger partial charge < -0.3 is 15.0 Å². The number of hydrogen-bond donors (Lipinski definition) is 2. The Morgan fingerprint density at radius 3 is 2.57 bits per heavy atom. The van der Waals surface area contributed by atoms with Crippen LogP contribution in [0.2, 0.25) is 0 Å². The highest BCUT2D eigenvalue weighted by molar-refractivity contribution is 5.93. The number of likely N-dealkylation sites (tertiary alicyclic amines) is 1. The first kappa shape index (κ1) is 17.5. The second-order valence-corrected chi connectivity index (χ2v) is 6.56. The molecule has 1 unspecified atom stereocenters. The van der Waals surface area contributed by atoms with Gasteiger partial charge in [0, 0.05) is 5.69 Å². The second kappa shape index (κ2) is 8.11. The van der Waals surface area contributed by atoms with Crippen molar-refractivity contribution in [3.05, 3.63) is 29.8 Å². The number of quaternary nitrogens is 1. The summed E-state index contributed by atoms with van der Waals surface area (Å²) in [6.07, 6.45) is 3.51. The van der Waals surface area contributed by atoms with E-state index in [4.69, 9.17) is 4.74 Å². The molecule has 1 heterocycles. The average molecular weight is 319 g/mol. The summed E-state index contributed by atoms with van der Waals surface area (Å²) >= 11 is 0. The standard InChI is InChI=1S/C18H26N2O3/c1-13(2)23-18(22)15-7-9-16(10-8-15)19-17(21)12-20-11-5-4-6-14(20)3/h7-10,13-14H,4-6,11-12H2,1-3H3,(H,19,21)/p+1/t14-/m0/s1. The van der Waals surface area contributed by atoms with E-state index in [1.54, 1.807) is 24.3 Å². The van der Waals surface area contributed by atoms with Crippen LogP contribution in [-0.2, 0) is 9.53 Å². The van der Waals surface area contributed by atoms with Crippen LogP contribution < -0.4 is 10.2 Å². The van der Waals surface area contributed by atoms with E-state index >= 15 is 0 Å². The van der Waals surface area contributed by atoms with E-state index in [2.05, 4.69) is 12.2 Å². The van der Waals surface area contributed by atoms with Gasteiger partial charge in [-0.05, 0) is 64.3 Å². The fourth-order valence-corrected chi connectivity index (χ4v) is 2.90. The summed E-state index contributed by atoms with van der Waals surface area (Å²) in [5, 5.41) is 2.90. The van der Waals surface area contributed by atoms with E-state index in [0.29, 0.717) is 23.8 Å². The zero-order valence-corrected chi connectivity index (χ0v) is 14.2. The van der Waals surface area contributed by atoms with Crippen LogP contribution >= 0.6 is 0 Å². The minimum atomic E-state index is -0.343. The molecule has 1 aliphatic heterocycles. The van der Waals surface area contributed by atoms with Crippen LogP contribution in [0.5, 0.6) is 0 Å². The zero-order valence-electron chi connectivity index (χ0n) is 14.2. The van der Waals surface area contributed by atoms with Crippen LogP contribution in [0.1, 0.15) is 50.4 Å². The lowest BCUT2D eigenvalue weighted by molar-refractivity contribution is -0.920. The van der Waals surface area contributed by atoms with Crippen molar-refractivity contribution in [2.75, 3.05) is 18.4 Å². The third kappa shape index (κ3) is 5.36. The molecule has 2 rings (SSSR count). The largest absolute Gasteiger partial charge is 0.459 e. The van der Waals surface area contributed by atoms with E-state index < -0.39 is 0 Å². The highest BCUT2D eigenvalue weighted by Crippen LogP contribution is 2.11. The van der Waals surface area contributed by atoms with Crippen LogP contribution in [0.15, 0.2) is 24.3 Å². The Morgan fingerprint density at radius 2 is 1.96 bits per heavy atom. The number of anilines is 1. The molecule has 0 saturated carbocycles. The molecule has 0 aliphatic carbocycles. The molecule has 0 aromatic heterocycles. The van der Waals surface area contributed by atoms with Gasteiger partial charge in [0.1, 0.15) is 0 Å². The number of carbonyl (C=O) groups is 2. The van der Waals surface area contributed by atoms with Gasteiger partial charge in [0.2, 0.25) is 0 Å². The Hall–Kier alpha value is -1.88. The third-order valence-corrected chi connectivity index (χ3v) is 4.22. The van der Waals surface area contributed by atoms with Gasteiger partial charge in [0.15, 0.2) is 6.54 Å². The number of benzene rings is 1. The number of ether oxygens (including phenoxy) is 1. The molecule has 1 fully saturated rings. The Balaban J connectivity index is 1.87. The molecule has 2 N–H and O–H groups in total. The minimum absolute atomic E-state index is 0.0197. The Morgan fingerprint density at radius 1 is 1.26 bits per heavy atom. The molecule has 23 heavy (non-hydrogen) atoms. The number of piperidine rings is 1. The Bertz CT molecular complexity index is 540. The van der Waals surface area contributed by atoms with Crippen molar-refractivity contribution >= 4 is 17.6 Å². The summed E-state index contributed by atoms with van der Waals surface area (Å²) in [7, 11) is 0. The third-order valence-electron chi connectivity index (χ3n) is 4.22. The number of rotatable bonds is 5. The molecule has 0 bridgehead atoms. The Labute approximate surface area is 138 Å². The summed E-state index contributed by atoms with van der Waals surface area (Å²) in [6, 6.07) is 7.38. The molecule has 5 nitrogen and oxygen atoms in total. The summed E-state index contributed by atoms with van der Waals surface area (Å²) < 4.78 is 5.14. The first-order chi connectivity index (χ1) is 11.0. The van der Waals surface area contributed by atoms with E-state index in [0.717, 1.165) is 6.54 Å². The molecule has 126 valence electrons. The molecule has 1 amide bonds. The van der Waals surface area contributed by atoms with Crippen molar-refractivity contribution in [2.45, 2.75) is 52.2 Å². The summed E-state index contributed by atoms with van der Waals surface area (Å²) in [5.41, 5.74) is 1.20. The molecule has 1 aromatic rings. The van der Waals surface area contributed by atoms with Crippen LogP contribution in [0.3, 0.4) is 0 Å². The van der Waals surface area contributed by atoms with Gasteiger partial charge in [-0.3, -0.25) is 4.79 Å². The van der Waals surface area contributed by atoms with Gasteiger partial charge >= 0.3 is 5.97 Å². The molecule has 0 radical (unpaired) electrons. The maximum atomic E-state index is 12.2. The van der Waals surface area contributed by atoms with Crippen molar-refractivity contribution in [1.29, 1.82) is 0 Å². The van der Waals surface area contributed by atoms with Crippen LogP contribution in [0, 0.1) is 0 Å². The quantitative estimate of drug-likeness (QED) is 0.811. The van der Waals surface area contributed by atoms with E-state index in [1.165, 1.54) is 24.2 Å². The lowest BCUT2D eigenvalue weighted by atomic mass is 10.0. The van der Waals surface area contributed by atoms with Gasteiger partial charge in [-0.2, -0.15) is 0 Å². The highest BCUT2D eigenvalue weighted by atomic mass is 16.5. The predicted octanol–water partition coefficient (Wildman–Crippen LogP) is 1.65. The number of nitrogens with one attached hydrogen (secondary N) is 2. The van der Waals surface area contributed by atoms with Crippen LogP contribution in [0.4, 0.5) is 5.69 Å². The molecule has 1 saturated heterocycles. The maximum Gasteiger partial charge on any atom is 0.338 e. The van der Waals surface area contributed by atoms with Gasteiger partial charge in [-0.1, -0.05) is 0 Å². The molecule has 1 aromatic carbocycles. The van der Waals surface area contributed by atoms with Crippen LogP contribution in [-0.4, -0.2) is 37.1 Å². The van der Waals surface area contributed by atoms with E-state index in [-0.39, 0.29) is 18.0 Å². The van der Waals surface area contributed by atoms with E-state index in [1.807, 2.05) is 13.8 Å².